The van der Waals surface area contributed by atoms with Crippen molar-refractivity contribution in [2.75, 3.05) is 26.3 Å². The predicted molar refractivity (Wildman–Crippen MR) is 80.5 cm³/mol. The van der Waals surface area contributed by atoms with Crippen LogP contribution in [0.4, 0.5) is 0 Å². The van der Waals surface area contributed by atoms with Crippen molar-refractivity contribution in [3.63, 3.8) is 0 Å². The Kier molecular flexibility index (Phi) is 8.22. The van der Waals surface area contributed by atoms with Gasteiger partial charge in [-0.1, -0.05) is 23.2 Å². The fraction of sp³-hybridized carbons (Fsp3) is 0.571. The summed E-state index contributed by atoms with van der Waals surface area (Å²) in [5.41, 5.74) is 0. The quantitative estimate of drug-likeness (QED) is 0.704. The largest absolute Gasteiger partial charge is 0.491 e. The van der Waals surface area contributed by atoms with Crippen molar-refractivity contribution in [1.82, 2.24) is 5.32 Å². The van der Waals surface area contributed by atoms with E-state index in [0.717, 1.165) is 26.1 Å². The van der Waals surface area contributed by atoms with Crippen LogP contribution in [0, 0.1) is 0 Å². The normalized spacial score (nSPS) is 11.0. The number of nitrogens with one attached hydrogen (secondary N) is 1. The minimum absolute atomic E-state index is 0.301. The van der Waals surface area contributed by atoms with Crippen LogP contribution in [0.2, 0.25) is 10.0 Å². The molecule has 0 saturated carbocycles. The lowest BCUT2D eigenvalue weighted by Crippen LogP contribution is -2.23. The second-order valence-corrected chi connectivity index (χ2v) is 5.29. The highest BCUT2D eigenvalue weighted by molar-refractivity contribution is 6.35. The van der Waals surface area contributed by atoms with Gasteiger partial charge in [0.15, 0.2) is 0 Å². The minimum Gasteiger partial charge on any atom is -0.491 e. The van der Waals surface area contributed by atoms with E-state index in [2.05, 4.69) is 5.32 Å². The van der Waals surface area contributed by atoms with Crippen LogP contribution in [0.3, 0.4) is 0 Å². The van der Waals surface area contributed by atoms with Gasteiger partial charge in [0.2, 0.25) is 0 Å². The van der Waals surface area contributed by atoms with Crippen molar-refractivity contribution in [1.29, 1.82) is 0 Å². The Bertz CT molecular complexity index is 372. The Morgan fingerprint density at radius 1 is 1.16 bits per heavy atom. The summed E-state index contributed by atoms with van der Waals surface area (Å²) in [6.45, 7) is 7.14. The van der Waals surface area contributed by atoms with Gasteiger partial charge >= 0.3 is 0 Å². The van der Waals surface area contributed by atoms with E-state index in [0.29, 0.717) is 28.5 Å². The van der Waals surface area contributed by atoms with Gasteiger partial charge in [0.05, 0.1) is 11.1 Å². The van der Waals surface area contributed by atoms with Crippen molar-refractivity contribution in [3.8, 4) is 5.75 Å². The summed E-state index contributed by atoms with van der Waals surface area (Å²) >= 11 is 11.8. The third-order valence-corrected chi connectivity index (χ3v) is 2.91. The van der Waals surface area contributed by atoms with Crippen molar-refractivity contribution in [3.05, 3.63) is 28.2 Å². The van der Waals surface area contributed by atoms with Gasteiger partial charge in [-0.3, -0.25) is 0 Å². The minimum atomic E-state index is 0.301. The van der Waals surface area contributed by atoms with Crippen molar-refractivity contribution < 1.29 is 9.47 Å². The molecule has 0 atom stereocenters. The summed E-state index contributed by atoms with van der Waals surface area (Å²) in [4.78, 5) is 0. The summed E-state index contributed by atoms with van der Waals surface area (Å²) < 4.78 is 11.0. The zero-order valence-electron chi connectivity index (χ0n) is 11.4. The average Bonchev–Trinajstić information content (AvgIpc) is 2.34. The molecule has 0 bridgehead atoms. The summed E-state index contributed by atoms with van der Waals surface area (Å²) in [5, 5.41) is 4.44. The predicted octanol–water partition coefficient (Wildman–Crippen LogP) is 3.78. The monoisotopic (exact) mass is 305 g/mol. The van der Waals surface area contributed by atoms with Crippen LogP contribution in [0.15, 0.2) is 18.2 Å². The van der Waals surface area contributed by atoms with E-state index in [9.17, 15) is 0 Å². The van der Waals surface area contributed by atoms with E-state index in [1.54, 1.807) is 18.2 Å². The van der Waals surface area contributed by atoms with Crippen LogP contribution in [-0.2, 0) is 4.74 Å². The molecule has 0 amide bonds. The first-order chi connectivity index (χ1) is 9.09. The molecule has 0 aliphatic carbocycles. The Hall–Kier alpha value is -0.480. The molecule has 0 spiro atoms. The molecule has 0 aliphatic heterocycles. The van der Waals surface area contributed by atoms with E-state index < -0.39 is 0 Å². The molecule has 0 radical (unpaired) electrons. The molecule has 3 nitrogen and oxygen atoms in total. The molecule has 0 heterocycles. The highest BCUT2D eigenvalue weighted by atomic mass is 35.5. The van der Waals surface area contributed by atoms with E-state index in [1.165, 1.54) is 0 Å². The number of halogens is 2. The van der Waals surface area contributed by atoms with Crippen LogP contribution >= 0.6 is 23.2 Å². The number of rotatable bonds is 9. The van der Waals surface area contributed by atoms with Gasteiger partial charge in [0, 0.05) is 18.2 Å². The summed E-state index contributed by atoms with van der Waals surface area (Å²) in [7, 11) is 0. The highest BCUT2D eigenvalue weighted by Crippen LogP contribution is 2.27. The van der Waals surface area contributed by atoms with Crippen LogP contribution < -0.4 is 10.1 Å². The van der Waals surface area contributed by atoms with Crippen LogP contribution in [0.25, 0.3) is 0 Å². The molecule has 0 fully saturated rings. The second kappa shape index (κ2) is 9.43. The molecule has 0 aliphatic rings. The van der Waals surface area contributed by atoms with Crippen molar-refractivity contribution in [2.45, 2.75) is 26.4 Å². The standard InChI is InChI=1S/C14H21Cl2NO2/c1-11(2)18-8-3-6-17-7-9-19-14-5-4-12(15)10-13(14)16/h4-5,10-11,17H,3,6-9H2,1-2H3. The topological polar surface area (TPSA) is 30.5 Å². The molecule has 1 N–H and O–H groups in total. The zero-order chi connectivity index (χ0) is 14.1. The maximum Gasteiger partial charge on any atom is 0.138 e. The Balaban J connectivity index is 2.04. The molecule has 5 heteroatoms. The van der Waals surface area contributed by atoms with E-state index in [4.69, 9.17) is 32.7 Å². The maximum atomic E-state index is 5.99. The number of benzene rings is 1. The Labute approximate surface area is 125 Å². The van der Waals surface area contributed by atoms with Crippen molar-refractivity contribution >= 4 is 23.2 Å². The highest BCUT2D eigenvalue weighted by Gasteiger charge is 2.01. The summed E-state index contributed by atoms with van der Waals surface area (Å²) in [6.07, 6.45) is 1.30. The van der Waals surface area contributed by atoms with Gasteiger partial charge in [-0.05, 0) is 45.0 Å². The molecule has 0 saturated heterocycles. The number of hydrogen-bond donors (Lipinski definition) is 1. The van der Waals surface area contributed by atoms with Gasteiger partial charge in [-0.2, -0.15) is 0 Å². The zero-order valence-corrected chi connectivity index (χ0v) is 12.9. The van der Waals surface area contributed by atoms with Gasteiger partial charge in [-0.15, -0.1) is 0 Å². The molecular weight excluding hydrogens is 285 g/mol. The van der Waals surface area contributed by atoms with Gasteiger partial charge < -0.3 is 14.8 Å². The van der Waals surface area contributed by atoms with Gasteiger partial charge in [0.25, 0.3) is 0 Å². The Morgan fingerprint density at radius 2 is 1.95 bits per heavy atom. The van der Waals surface area contributed by atoms with Crippen molar-refractivity contribution in [2.24, 2.45) is 0 Å². The molecule has 108 valence electrons. The first-order valence-electron chi connectivity index (χ1n) is 6.49. The fourth-order valence-electron chi connectivity index (χ4n) is 1.47. The van der Waals surface area contributed by atoms with E-state index in [1.807, 2.05) is 13.8 Å². The fourth-order valence-corrected chi connectivity index (χ4v) is 1.93. The molecule has 1 aromatic rings. The van der Waals surface area contributed by atoms with Gasteiger partial charge in [0.1, 0.15) is 12.4 Å². The molecular formula is C14H21Cl2NO2. The third-order valence-electron chi connectivity index (χ3n) is 2.38. The lowest BCUT2D eigenvalue weighted by molar-refractivity contribution is 0.0770. The van der Waals surface area contributed by atoms with E-state index in [-0.39, 0.29) is 0 Å². The molecule has 0 aromatic heterocycles. The lowest BCUT2D eigenvalue weighted by Gasteiger charge is -2.10. The summed E-state index contributed by atoms with van der Waals surface area (Å²) in [6, 6.07) is 5.22. The Morgan fingerprint density at radius 3 is 2.63 bits per heavy atom. The smallest absolute Gasteiger partial charge is 0.138 e. The average molecular weight is 306 g/mol. The molecule has 19 heavy (non-hydrogen) atoms. The van der Waals surface area contributed by atoms with E-state index >= 15 is 0 Å². The second-order valence-electron chi connectivity index (χ2n) is 4.45. The lowest BCUT2D eigenvalue weighted by atomic mass is 10.3. The third kappa shape index (κ3) is 7.63. The number of hydrogen-bond acceptors (Lipinski definition) is 3. The van der Waals surface area contributed by atoms with Crippen LogP contribution in [-0.4, -0.2) is 32.4 Å². The number of ether oxygens (including phenoxy) is 2. The molecule has 1 aromatic carbocycles. The first-order valence-corrected chi connectivity index (χ1v) is 7.25. The van der Waals surface area contributed by atoms with Crippen LogP contribution in [0.5, 0.6) is 5.75 Å². The SMILES string of the molecule is CC(C)OCCCNCCOc1ccc(Cl)cc1Cl. The van der Waals surface area contributed by atoms with Gasteiger partial charge in [-0.25, -0.2) is 0 Å². The molecule has 0 unspecified atom stereocenters. The molecule has 1 rings (SSSR count). The van der Waals surface area contributed by atoms with Crippen LogP contribution in [0.1, 0.15) is 20.3 Å². The first kappa shape index (κ1) is 16.6. The maximum absolute atomic E-state index is 5.99. The summed E-state index contributed by atoms with van der Waals surface area (Å²) in [5.74, 6) is 0.663.